The van der Waals surface area contributed by atoms with Gasteiger partial charge in [0, 0.05) is 11.1 Å². The Labute approximate surface area is 146 Å². The van der Waals surface area contributed by atoms with Crippen LogP contribution in [-0.2, 0) is 9.84 Å². The lowest BCUT2D eigenvalue weighted by atomic mass is 10.1. The van der Waals surface area contributed by atoms with E-state index in [1.165, 1.54) is 6.07 Å². The Hall–Kier alpha value is -2.73. The zero-order chi connectivity index (χ0) is 18.0. The third-order valence-corrected chi connectivity index (χ3v) is 5.73. The number of nitrogens with one attached hydrogen (secondary N) is 1. The number of sulfone groups is 1. The number of aromatic nitrogens is 1. The van der Waals surface area contributed by atoms with Gasteiger partial charge in [-0.15, -0.1) is 0 Å². The molecule has 3 aromatic rings. The zero-order valence-corrected chi connectivity index (χ0v) is 14.8. The Bertz CT molecular complexity index is 1060. The number of nitrogens with zero attached hydrogens (tertiary/aromatic N) is 1. The fourth-order valence-electron chi connectivity index (χ4n) is 2.68. The summed E-state index contributed by atoms with van der Waals surface area (Å²) in [6, 6.07) is 15.5. The first-order valence-electron chi connectivity index (χ1n) is 7.92. The van der Waals surface area contributed by atoms with Gasteiger partial charge in [-0.05, 0) is 31.2 Å². The zero-order valence-electron chi connectivity index (χ0n) is 14.0. The summed E-state index contributed by atoms with van der Waals surface area (Å²) in [4.78, 5) is 17.4. The molecule has 6 heteroatoms. The molecule has 2 aromatic carbocycles. The van der Waals surface area contributed by atoms with Crippen molar-refractivity contribution in [1.82, 2.24) is 4.98 Å². The molecule has 128 valence electrons. The Morgan fingerprint density at radius 2 is 1.76 bits per heavy atom. The number of amides is 1. The van der Waals surface area contributed by atoms with Crippen molar-refractivity contribution in [2.24, 2.45) is 0 Å². The van der Waals surface area contributed by atoms with Crippen LogP contribution in [0.2, 0.25) is 0 Å². The predicted molar refractivity (Wildman–Crippen MR) is 98.6 cm³/mol. The van der Waals surface area contributed by atoms with E-state index in [0.717, 1.165) is 16.6 Å². The van der Waals surface area contributed by atoms with Crippen molar-refractivity contribution in [3.63, 3.8) is 0 Å². The second kappa shape index (κ2) is 6.64. The second-order valence-corrected chi connectivity index (χ2v) is 7.93. The van der Waals surface area contributed by atoms with Gasteiger partial charge in [-0.1, -0.05) is 37.3 Å². The van der Waals surface area contributed by atoms with Crippen molar-refractivity contribution in [2.75, 3.05) is 11.1 Å². The fraction of sp³-hybridized carbons (Fsp3) is 0.158. The first-order chi connectivity index (χ1) is 11.9. The first-order valence-corrected chi connectivity index (χ1v) is 9.57. The van der Waals surface area contributed by atoms with Crippen molar-refractivity contribution in [3.8, 4) is 0 Å². The molecule has 0 atom stereocenters. The van der Waals surface area contributed by atoms with Crippen LogP contribution in [0, 0.1) is 6.92 Å². The Morgan fingerprint density at radius 3 is 2.52 bits per heavy atom. The number of anilines is 1. The molecular weight excluding hydrogens is 336 g/mol. The van der Waals surface area contributed by atoms with E-state index in [2.05, 4.69) is 10.3 Å². The van der Waals surface area contributed by atoms with Crippen LogP contribution in [0.3, 0.4) is 0 Å². The number of fused-ring (bicyclic) bond motifs is 1. The van der Waals surface area contributed by atoms with Crippen LogP contribution in [0.25, 0.3) is 10.9 Å². The standard InChI is InChI=1S/C19H18N2O3S/c1-3-25(23,24)18-11-7-6-10-17(18)21-19(22)15-12-13(2)20-16-9-5-4-8-14(15)16/h4-12H,3H2,1-2H3,(H,21,22). The summed E-state index contributed by atoms with van der Waals surface area (Å²) in [5.74, 6) is -0.391. The lowest BCUT2D eigenvalue weighted by Crippen LogP contribution is -2.16. The van der Waals surface area contributed by atoms with E-state index in [-0.39, 0.29) is 22.2 Å². The normalized spacial score (nSPS) is 11.4. The molecule has 0 unspecified atom stereocenters. The molecule has 0 saturated heterocycles. The number of carbonyl (C=O) groups is 1. The van der Waals surface area contributed by atoms with Gasteiger partial charge in [0.1, 0.15) is 0 Å². The SMILES string of the molecule is CCS(=O)(=O)c1ccccc1NC(=O)c1cc(C)nc2ccccc12. The maximum Gasteiger partial charge on any atom is 0.256 e. The molecule has 0 spiro atoms. The van der Waals surface area contributed by atoms with E-state index in [1.807, 2.05) is 31.2 Å². The van der Waals surface area contributed by atoms with Gasteiger partial charge >= 0.3 is 0 Å². The fourth-order valence-corrected chi connectivity index (χ4v) is 3.73. The summed E-state index contributed by atoms with van der Waals surface area (Å²) in [5, 5.41) is 3.46. The highest BCUT2D eigenvalue weighted by Crippen LogP contribution is 2.24. The largest absolute Gasteiger partial charge is 0.321 e. The van der Waals surface area contributed by atoms with Gasteiger partial charge in [0.15, 0.2) is 9.84 Å². The summed E-state index contributed by atoms with van der Waals surface area (Å²) in [6.07, 6.45) is 0. The molecular formula is C19H18N2O3S. The molecule has 1 amide bonds. The molecule has 0 radical (unpaired) electrons. The van der Waals surface area contributed by atoms with Crippen LogP contribution >= 0.6 is 0 Å². The van der Waals surface area contributed by atoms with Gasteiger partial charge in [-0.2, -0.15) is 0 Å². The molecule has 3 rings (SSSR count). The number of pyridine rings is 1. The summed E-state index contributed by atoms with van der Waals surface area (Å²) in [5.41, 5.74) is 2.19. The summed E-state index contributed by atoms with van der Waals surface area (Å²) >= 11 is 0. The number of hydrogen-bond acceptors (Lipinski definition) is 4. The van der Waals surface area contributed by atoms with Crippen molar-refractivity contribution in [1.29, 1.82) is 0 Å². The molecule has 0 bridgehead atoms. The molecule has 1 N–H and O–H groups in total. The molecule has 0 fully saturated rings. The monoisotopic (exact) mass is 354 g/mol. The molecule has 0 aliphatic rings. The lowest BCUT2D eigenvalue weighted by Gasteiger charge is -2.12. The van der Waals surface area contributed by atoms with E-state index in [9.17, 15) is 13.2 Å². The highest BCUT2D eigenvalue weighted by molar-refractivity contribution is 7.91. The Kier molecular flexibility index (Phi) is 4.55. The van der Waals surface area contributed by atoms with Crippen LogP contribution in [-0.4, -0.2) is 25.1 Å². The summed E-state index contributed by atoms with van der Waals surface area (Å²) < 4.78 is 24.5. The summed E-state index contributed by atoms with van der Waals surface area (Å²) in [6.45, 7) is 3.40. The minimum Gasteiger partial charge on any atom is -0.321 e. The van der Waals surface area contributed by atoms with Crippen molar-refractivity contribution in [2.45, 2.75) is 18.7 Å². The lowest BCUT2D eigenvalue weighted by molar-refractivity contribution is 0.102. The van der Waals surface area contributed by atoms with Gasteiger partial charge in [0.25, 0.3) is 5.91 Å². The van der Waals surface area contributed by atoms with Crippen molar-refractivity contribution >= 4 is 32.3 Å². The third kappa shape index (κ3) is 3.39. The van der Waals surface area contributed by atoms with E-state index in [1.54, 1.807) is 31.2 Å². The molecule has 25 heavy (non-hydrogen) atoms. The van der Waals surface area contributed by atoms with E-state index >= 15 is 0 Å². The average molecular weight is 354 g/mol. The minimum atomic E-state index is -3.43. The van der Waals surface area contributed by atoms with E-state index < -0.39 is 9.84 Å². The maximum absolute atomic E-state index is 12.8. The molecule has 0 aliphatic carbocycles. The van der Waals surface area contributed by atoms with Crippen molar-refractivity contribution < 1.29 is 13.2 Å². The number of para-hydroxylation sites is 2. The van der Waals surface area contributed by atoms with Gasteiger partial charge in [-0.25, -0.2) is 8.42 Å². The Balaban J connectivity index is 2.06. The number of carbonyl (C=O) groups excluding carboxylic acids is 1. The molecule has 0 saturated carbocycles. The molecule has 5 nitrogen and oxygen atoms in total. The van der Waals surface area contributed by atoms with E-state index in [4.69, 9.17) is 0 Å². The highest BCUT2D eigenvalue weighted by Gasteiger charge is 2.19. The molecule has 1 aromatic heterocycles. The van der Waals surface area contributed by atoms with Crippen LogP contribution in [0.4, 0.5) is 5.69 Å². The number of aryl methyl sites for hydroxylation is 1. The van der Waals surface area contributed by atoms with Crippen molar-refractivity contribution in [3.05, 3.63) is 65.9 Å². The highest BCUT2D eigenvalue weighted by atomic mass is 32.2. The maximum atomic E-state index is 12.8. The quantitative estimate of drug-likeness (QED) is 0.777. The minimum absolute atomic E-state index is 0.0306. The van der Waals surface area contributed by atoms with Crippen LogP contribution in [0.1, 0.15) is 23.0 Å². The van der Waals surface area contributed by atoms with Crippen LogP contribution < -0.4 is 5.32 Å². The average Bonchev–Trinajstić information content (AvgIpc) is 2.61. The second-order valence-electron chi connectivity index (χ2n) is 5.68. The smallest absolute Gasteiger partial charge is 0.256 e. The van der Waals surface area contributed by atoms with E-state index in [0.29, 0.717) is 5.56 Å². The first kappa shape index (κ1) is 17.1. The van der Waals surface area contributed by atoms with Gasteiger partial charge < -0.3 is 5.32 Å². The Morgan fingerprint density at radius 1 is 1.08 bits per heavy atom. The van der Waals surface area contributed by atoms with Crippen LogP contribution in [0.5, 0.6) is 0 Å². The predicted octanol–water partition coefficient (Wildman–Crippen LogP) is 3.59. The third-order valence-electron chi connectivity index (χ3n) is 3.94. The molecule has 1 heterocycles. The van der Waals surface area contributed by atoms with Gasteiger partial charge in [0.05, 0.1) is 27.4 Å². The number of benzene rings is 2. The van der Waals surface area contributed by atoms with Gasteiger partial charge in [0.2, 0.25) is 0 Å². The van der Waals surface area contributed by atoms with Gasteiger partial charge in [-0.3, -0.25) is 9.78 Å². The topological polar surface area (TPSA) is 76.1 Å². The number of hydrogen-bond donors (Lipinski definition) is 1. The number of rotatable bonds is 4. The summed E-state index contributed by atoms with van der Waals surface area (Å²) in [7, 11) is -3.43. The van der Waals surface area contributed by atoms with Crippen LogP contribution in [0.15, 0.2) is 59.5 Å². The molecule has 0 aliphatic heterocycles.